The van der Waals surface area contributed by atoms with Crippen LogP contribution >= 0.6 is 0 Å². The highest BCUT2D eigenvalue weighted by Gasteiger charge is 2.31. The van der Waals surface area contributed by atoms with Gasteiger partial charge in [-0.2, -0.15) is 8.78 Å². The molecule has 150 valence electrons. The molecule has 1 atom stereocenters. The van der Waals surface area contributed by atoms with Gasteiger partial charge in [0.05, 0.1) is 6.04 Å². The van der Waals surface area contributed by atoms with Crippen LogP contribution in [0, 0.1) is 5.92 Å². The highest BCUT2D eigenvalue weighted by atomic mass is 19.3. The highest BCUT2D eigenvalue weighted by molar-refractivity contribution is 5.82. The first-order valence-electron chi connectivity index (χ1n) is 9.56. The van der Waals surface area contributed by atoms with Crippen LogP contribution in [-0.4, -0.2) is 30.0 Å². The van der Waals surface area contributed by atoms with Gasteiger partial charge in [0.2, 0.25) is 5.91 Å². The Morgan fingerprint density at radius 1 is 1.11 bits per heavy atom. The summed E-state index contributed by atoms with van der Waals surface area (Å²) >= 11 is 0. The number of alkyl halides is 2. The molecular formula is C22H26F2N2O2. The monoisotopic (exact) mass is 388 g/mol. The van der Waals surface area contributed by atoms with E-state index in [9.17, 15) is 13.6 Å². The zero-order valence-corrected chi connectivity index (χ0v) is 16.2. The Morgan fingerprint density at radius 3 is 2.43 bits per heavy atom. The maximum atomic E-state index is 12.9. The van der Waals surface area contributed by atoms with Crippen molar-refractivity contribution in [2.24, 2.45) is 5.92 Å². The van der Waals surface area contributed by atoms with Crippen molar-refractivity contribution in [3.8, 4) is 5.75 Å². The van der Waals surface area contributed by atoms with Crippen molar-refractivity contribution in [2.75, 3.05) is 6.54 Å². The molecule has 6 heteroatoms. The lowest BCUT2D eigenvalue weighted by Crippen LogP contribution is -2.51. The van der Waals surface area contributed by atoms with Crippen molar-refractivity contribution in [3.05, 3.63) is 65.2 Å². The predicted octanol–water partition coefficient (Wildman–Crippen LogP) is 3.99. The Balaban J connectivity index is 1.61. The van der Waals surface area contributed by atoms with Crippen LogP contribution in [-0.2, 0) is 24.3 Å². The molecule has 0 fully saturated rings. The maximum Gasteiger partial charge on any atom is 0.387 e. The number of fused-ring (bicyclic) bond motifs is 1. The number of hydrogen-bond acceptors (Lipinski definition) is 3. The van der Waals surface area contributed by atoms with Gasteiger partial charge in [-0.15, -0.1) is 0 Å². The summed E-state index contributed by atoms with van der Waals surface area (Å²) in [6, 6.07) is 14.5. The molecule has 0 saturated carbocycles. The van der Waals surface area contributed by atoms with Crippen LogP contribution in [0.1, 0.15) is 30.5 Å². The third kappa shape index (κ3) is 5.07. The molecule has 0 unspecified atom stereocenters. The van der Waals surface area contributed by atoms with Gasteiger partial charge < -0.3 is 10.1 Å². The van der Waals surface area contributed by atoms with E-state index in [0.29, 0.717) is 6.54 Å². The standard InChI is InChI=1S/C22H26F2N2O2/c1-15(2)20(26-12-11-17-5-3-4-6-18(17)14-26)21(27)25-13-16-7-9-19(10-8-16)28-22(23)24/h3-10,15,20,22H,11-14H2,1-2H3,(H,25,27)/t20-/m0/s1. The smallest absolute Gasteiger partial charge is 0.387 e. The summed E-state index contributed by atoms with van der Waals surface area (Å²) in [5.74, 6) is 0.270. The lowest BCUT2D eigenvalue weighted by Gasteiger charge is -2.36. The molecule has 0 aliphatic carbocycles. The number of carbonyl (C=O) groups excluding carboxylic acids is 1. The number of hydrogen-bond donors (Lipinski definition) is 1. The normalized spacial score (nSPS) is 15.4. The van der Waals surface area contributed by atoms with E-state index in [1.807, 2.05) is 6.07 Å². The minimum Gasteiger partial charge on any atom is -0.435 e. The first-order valence-corrected chi connectivity index (χ1v) is 9.56. The van der Waals surface area contributed by atoms with Gasteiger partial charge in [-0.25, -0.2) is 0 Å². The van der Waals surface area contributed by atoms with Gasteiger partial charge in [-0.05, 0) is 41.2 Å². The van der Waals surface area contributed by atoms with Crippen LogP contribution in [0.3, 0.4) is 0 Å². The minimum atomic E-state index is -2.84. The highest BCUT2D eigenvalue weighted by Crippen LogP contribution is 2.23. The summed E-state index contributed by atoms with van der Waals surface area (Å²) in [4.78, 5) is 15.1. The molecule has 0 aromatic heterocycles. The zero-order valence-electron chi connectivity index (χ0n) is 16.2. The topological polar surface area (TPSA) is 41.6 Å². The van der Waals surface area contributed by atoms with Crippen LogP contribution in [0.2, 0.25) is 0 Å². The van der Waals surface area contributed by atoms with Gasteiger partial charge in [0.25, 0.3) is 0 Å². The summed E-state index contributed by atoms with van der Waals surface area (Å²) in [5.41, 5.74) is 3.47. The van der Waals surface area contributed by atoms with E-state index >= 15 is 0 Å². The summed E-state index contributed by atoms with van der Waals surface area (Å²) in [6.07, 6.45) is 0.943. The van der Waals surface area contributed by atoms with E-state index < -0.39 is 6.61 Å². The molecule has 1 heterocycles. The van der Waals surface area contributed by atoms with Crippen LogP contribution in [0.25, 0.3) is 0 Å². The van der Waals surface area contributed by atoms with Crippen LogP contribution < -0.4 is 10.1 Å². The Labute approximate surface area is 164 Å². The van der Waals surface area contributed by atoms with Gasteiger partial charge in [-0.3, -0.25) is 9.69 Å². The van der Waals surface area contributed by atoms with E-state index in [4.69, 9.17) is 0 Å². The van der Waals surface area contributed by atoms with Gasteiger partial charge in [0.15, 0.2) is 0 Å². The lowest BCUT2D eigenvalue weighted by molar-refractivity contribution is -0.128. The largest absolute Gasteiger partial charge is 0.435 e. The molecule has 1 N–H and O–H groups in total. The second-order valence-electron chi connectivity index (χ2n) is 7.42. The van der Waals surface area contributed by atoms with Gasteiger partial charge in [0.1, 0.15) is 5.75 Å². The average molecular weight is 388 g/mol. The Bertz CT molecular complexity index is 793. The molecule has 1 aliphatic heterocycles. The molecule has 2 aromatic rings. The van der Waals surface area contributed by atoms with Crippen molar-refractivity contribution in [3.63, 3.8) is 0 Å². The molecule has 0 bridgehead atoms. The lowest BCUT2D eigenvalue weighted by atomic mass is 9.94. The number of carbonyl (C=O) groups is 1. The van der Waals surface area contributed by atoms with Crippen molar-refractivity contribution < 1.29 is 18.3 Å². The van der Waals surface area contributed by atoms with E-state index in [2.05, 4.69) is 47.0 Å². The zero-order chi connectivity index (χ0) is 20.1. The summed E-state index contributed by atoms with van der Waals surface area (Å²) in [6.45, 7) is 3.25. The molecule has 0 spiro atoms. The number of benzene rings is 2. The Hall–Kier alpha value is -2.47. The summed E-state index contributed by atoms with van der Waals surface area (Å²) < 4.78 is 28.8. The van der Waals surface area contributed by atoms with Crippen LogP contribution in [0.4, 0.5) is 8.78 Å². The fourth-order valence-corrected chi connectivity index (χ4v) is 3.73. The number of amides is 1. The molecule has 3 rings (SSSR count). The number of nitrogens with zero attached hydrogens (tertiary/aromatic N) is 1. The second-order valence-corrected chi connectivity index (χ2v) is 7.42. The fourth-order valence-electron chi connectivity index (χ4n) is 3.73. The molecule has 1 amide bonds. The van der Waals surface area contributed by atoms with E-state index in [1.54, 1.807) is 12.1 Å². The first-order chi connectivity index (χ1) is 13.4. The summed E-state index contributed by atoms with van der Waals surface area (Å²) in [5, 5.41) is 2.99. The number of ether oxygens (including phenoxy) is 1. The number of rotatable bonds is 7. The maximum absolute atomic E-state index is 12.9. The van der Waals surface area contributed by atoms with Gasteiger partial charge in [-0.1, -0.05) is 50.2 Å². The number of halogens is 2. The quantitative estimate of drug-likeness (QED) is 0.780. The number of nitrogens with one attached hydrogen (secondary N) is 1. The second kappa shape index (κ2) is 9.15. The molecule has 1 aliphatic rings. The third-order valence-corrected chi connectivity index (χ3v) is 5.07. The molecule has 28 heavy (non-hydrogen) atoms. The predicted molar refractivity (Wildman–Crippen MR) is 104 cm³/mol. The molecule has 0 radical (unpaired) electrons. The average Bonchev–Trinajstić information content (AvgIpc) is 2.67. The SMILES string of the molecule is CC(C)[C@@H](C(=O)NCc1ccc(OC(F)F)cc1)N1CCc2ccccc2C1. The van der Waals surface area contributed by atoms with E-state index in [-0.39, 0.29) is 23.6 Å². The van der Waals surface area contributed by atoms with Crippen molar-refractivity contribution >= 4 is 5.91 Å². The minimum absolute atomic E-state index is 0.0118. The van der Waals surface area contributed by atoms with E-state index in [0.717, 1.165) is 25.1 Å². The van der Waals surface area contributed by atoms with Crippen molar-refractivity contribution in [1.29, 1.82) is 0 Å². The van der Waals surface area contributed by atoms with E-state index in [1.165, 1.54) is 23.3 Å². The van der Waals surface area contributed by atoms with Gasteiger partial charge in [0, 0.05) is 19.6 Å². The third-order valence-electron chi connectivity index (χ3n) is 5.07. The summed E-state index contributed by atoms with van der Waals surface area (Å²) in [7, 11) is 0. The Kier molecular flexibility index (Phi) is 6.62. The molecular weight excluding hydrogens is 362 g/mol. The molecule has 2 aromatic carbocycles. The van der Waals surface area contributed by atoms with Crippen molar-refractivity contribution in [2.45, 2.75) is 46.0 Å². The molecule has 0 saturated heterocycles. The van der Waals surface area contributed by atoms with Gasteiger partial charge >= 0.3 is 6.61 Å². The van der Waals surface area contributed by atoms with Crippen LogP contribution in [0.5, 0.6) is 5.75 Å². The fraction of sp³-hybridized carbons (Fsp3) is 0.409. The van der Waals surface area contributed by atoms with Crippen LogP contribution in [0.15, 0.2) is 48.5 Å². The first kappa shape index (κ1) is 20.3. The Morgan fingerprint density at radius 2 is 1.79 bits per heavy atom. The molecule has 4 nitrogen and oxygen atoms in total. The van der Waals surface area contributed by atoms with Crippen molar-refractivity contribution in [1.82, 2.24) is 10.2 Å².